The molecule has 1 spiro atoms. The summed E-state index contributed by atoms with van der Waals surface area (Å²) in [7, 11) is 0. The first-order valence-electron chi connectivity index (χ1n) is 20.9. The molecule has 10 aromatic rings. The van der Waals surface area contributed by atoms with Crippen molar-refractivity contribution in [3.8, 4) is 84.9 Å². The first-order chi connectivity index (χ1) is 30.7. The van der Waals surface area contributed by atoms with Crippen molar-refractivity contribution in [2.75, 3.05) is 0 Å². The summed E-state index contributed by atoms with van der Waals surface area (Å²) in [6, 6.07) is 76.6. The lowest BCUT2D eigenvalue weighted by Gasteiger charge is -2.40. The zero-order valence-corrected chi connectivity index (χ0v) is 33.5. The van der Waals surface area contributed by atoms with Gasteiger partial charge in [0.15, 0.2) is 5.82 Å². The first-order valence-corrected chi connectivity index (χ1v) is 20.9. The van der Waals surface area contributed by atoms with E-state index in [2.05, 4.69) is 158 Å². The second kappa shape index (κ2) is 14.1. The number of aromatic nitrogens is 2. The molecule has 62 heavy (non-hydrogen) atoms. The zero-order valence-electron chi connectivity index (χ0n) is 33.5. The van der Waals surface area contributed by atoms with Crippen LogP contribution in [0.25, 0.3) is 78.1 Å². The Morgan fingerprint density at radius 3 is 1.63 bits per heavy atom. The van der Waals surface area contributed by atoms with E-state index in [4.69, 9.17) is 14.7 Å². The fourth-order valence-electron chi connectivity index (χ4n) is 9.87. The summed E-state index contributed by atoms with van der Waals surface area (Å²) < 4.78 is 7.28. The molecule has 1 aromatic heterocycles. The monoisotopic (exact) mass is 789 g/mol. The van der Waals surface area contributed by atoms with Crippen molar-refractivity contribution in [1.82, 2.24) is 9.97 Å². The minimum Gasteiger partial charge on any atom is -0.456 e. The molecule has 12 rings (SSSR count). The molecule has 288 valence electrons. The zero-order chi connectivity index (χ0) is 41.2. The number of nitriles is 1. The lowest BCUT2D eigenvalue weighted by molar-refractivity contribution is 0.438. The molecule has 0 N–H and O–H groups in total. The molecule has 4 nitrogen and oxygen atoms in total. The van der Waals surface area contributed by atoms with Gasteiger partial charge in [0.05, 0.1) is 28.4 Å². The molecule has 0 radical (unpaired) electrons. The third-order valence-electron chi connectivity index (χ3n) is 12.6. The quantitative estimate of drug-likeness (QED) is 0.174. The number of hydrogen-bond acceptors (Lipinski definition) is 4. The highest BCUT2D eigenvalue weighted by molar-refractivity contribution is 6.06. The van der Waals surface area contributed by atoms with Crippen LogP contribution in [-0.4, -0.2) is 9.97 Å². The van der Waals surface area contributed by atoms with Gasteiger partial charge in [-0.2, -0.15) is 5.26 Å². The highest BCUT2D eigenvalue weighted by Gasteiger charge is 2.51. The minimum atomic E-state index is -0.697. The Labute approximate surface area is 359 Å². The summed E-state index contributed by atoms with van der Waals surface area (Å²) in [6.45, 7) is 0. The van der Waals surface area contributed by atoms with Crippen LogP contribution >= 0.6 is 0 Å². The number of ether oxygens (including phenoxy) is 1. The Hall–Kier alpha value is -8.39. The third kappa shape index (κ3) is 5.39. The SMILES string of the molecule is N#Cc1ccc(-c2ccc(-c3cccc4c3Oc3ccc(-c5cc(-c6ccccc6)nc(-c6ccccc6)n5)cc3C43c4ccccc4-c4ccccc43)c3ccccc23)cc1. The van der Waals surface area contributed by atoms with E-state index in [0.29, 0.717) is 11.4 Å². The summed E-state index contributed by atoms with van der Waals surface area (Å²) in [5.74, 6) is 2.32. The molecule has 0 atom stereocenters. The van der Waals surface area contributed by atoms with E-state index >= 15 is 0 Å². The van der Waals surface area contributed by atoms with Gasteiger partial charge in [-0.3, -0.25) is 0 Å². The van der Waals surface area contributed by atoms with E-state index in [-0.39, 0.29) is 0 Å². The van der Waals surface area contributed by atoms with Gasteiger partial charge in [-0.05, 0) is 86.1 Å². The van der Waals surface area contributed by atoms with Crippen molar-refractivity contribution >= 4 is 10.8 Å². The predicted molar refractivity (Wildman–Crippen MR) is 249 cm³/mol. The molecule has 1 aliphatic heterocycles. The Bertz CT molecular complexity index is 3340. The summed E-state index contributed by atoms with van der Waals surface area (Å²) >= 11 is 0. The summed E-state index contributed by atoms with van der Waals surface area (Å²) in [6.07, 6.45) is 0. The molecule has 2 aliphatic rings. The molecule has 0 amide bonds. The summed E-state index contributed by atoms with van der Waals surface area (Å²) in [4.78, 5) is 10.3. The van der Waals surface area contributed by atoms with Crippen LogP contribution < -0.4 is 4.74 Å². The highest BCUT2D eigenvalue weighted by atomic mass is 16.5. The molecule has 9 aromatic carbocycles. The van der Waals surface area contributed by atoms with Crippen LogP contribution in [0.2, 0.25) is 0 Å². The van der Waals surface area contributed by atoms with E-state index in [9.17, 15) is 5.26 Å². The lowest BCUT2D eigenvalue weighted by Crippen LogP contribution is -2.32. The van der Waals surface area contributed by atoms with Gasteiger partial charge in [-0.1, -0.05) is 176 Å². The summed E-state index contributed by atoms with van der Waals surface area (Å²) in [5, 5.41) is 11.7. The van der Waals surface area contributed by atoms with E-state index < -0.39 is 5.41 Å². The van der Waals surface area contributed by atoms with Gasteiger partial charge in [-0.25, -0.2) is 9.97 Å². The van der Waals surface area contributed by atoms with Crippen LogP contribution in [0.1, 0.15) is 27.8 Å². The number of nitrogens with zero attached hydrogens (tertiary/aromatic N) is 3. The average molecular weight is 790 g/mol. The Balaban J connectivity index is 1.10. The number of hydrogen-bond donors (Lipinski definition) is 0. The average Bonchev–Trinajstić information content (AvgIpc) is 3.64. The van der Waals surface area contributed by atoms with Gasteiger partial charge in [0.1, 0.15) is 11.5 Å². The molecule has 0 bridgehead atoms. The van der Waals surface area contributed by atoms with E-state index in [1.54, 1.807) is 0 Å². The minimum absolute atomic E-state index is 0.644. The van der Waals surface area contributed by atoms with Crippen LogP contribution in [0.3, 0.4) is 0 Å². The highest BCUT2D eigenvalue weighted by Crippen LogP contribution is 2.63. The maximum absolute atomic E-state index is 9.47. The number of benzene rings is 9. The maximum atomic E-state index is 9.47. The van der Waals surface area contributed by atoms with Gasteiger partial charge in [-0.15, -0.1) is 0 Å². The maximum Gasteiger partial charge on any atom is 0.160 e. The fourth-order valence-corrected chi connectivity index (χ4v) is 9.87. The van der Waals surface area contributed by atoms with Crippen LogP contribution in [0.4, 0.5) is 0 Å². The molecule has 2 heterocycles. The predicted octanol–water partition coefficient (Wildman–Crippen LogP) is 14.3. The third-order valence-corrected chi connectivity index (χ3v) is 12.6. The van der Waals surface area contributed by atoms with Gasteiger partial charge >= 0.3 is 0 Å². The number of para-hydroxylation sites is 1. The number of rotatable bonds is 5. The second-order valence-corrected chi connectivity index (χ2v) is 15.9. The molecular formula is C58H35N3O. The second-order valence-electron chi connectivity index (χ2n) is 15.9. The molecule has 0 saturated carbocycles. The van der Waals surface area contributed by atoms with Gasteiger partial charge in [0, 0.05) is 33.4 Å². The van der Waals surface area contributed by atoms with Crippen molar-refractivity contribution < 1.29 is 4.74 Å². The van der Waals surface area contributed by atoms with Crippen molar-refractivity contribution in [3.63, 3.8) is 0 Å². The Kier molecular flexibility index (Phi) is 8.10. The normalized spacial score (nSPS) is 12.8. The smallest absolute Gasteiger partial charge is 0.160 e. The number of fused-ring (bicyclic) bond motifs is 10. The molecular weight excluding hydrogens is 755 g/mol. The lowest BCUT2D eigenvalue weighted by atomic mass is 9.65. The van der Waals surface area contributed by atoms with Crippen molar-refractivity contribution in [3.05, 3.63) is 240 Å². The topological polar surface area (TPSA) is 58.8 Å². The fraction of sp³-hybridized carbons (Fsp3) is 0.0172. The molecule has 0 fully saturated rings. The van der Waals surface area contributed by atoms with E-state index in [0.717, 1.165) is 83.7 Å². The van der Waals surface area contributed by atoms with Crippen LogP contribution in [0, 0.1) is 11.3 Å². The van der Waals surface area contributed by atoms with Gasteiger partial charge < -0.3 is 4.74 Å². The van der Waals surface area contributed by atoms with Gasteiger partial charge in [0.2, 0.25) is 0 Å². The van der Waals surface area contributed by atoms with Crippen molar-refractivity contribution in [2.45, 2.75) is 5.41 Å². The summed E-state index contributed by atoms with van der Waals surface area (Å²) in [5.41, 5.74) is 16.0. The standard InChI is InChI=1S/C58H35N3O/c59-36-37-26-28-38(29-27-37)42-31-32-45(44-19-8-7-18-43(42)44)48-22-13-25-51-56(48)62-55-33-30-41(34-52(55)58(51)49-23-11-9-20-46(49)47-21-10-12-24-50(47)58)54-35-53(39-14-3-1-4-15-39)60-57(61-54)40-16-5-2-6-17-40/h1-35H. The van der Waals surface area contributed by atoms with Crippen molar-refractivity contribution in [1.29, 1.82) is 5.26 Å². The molecule has 1 aliphatic carbocycles. The van der Waals surface area contributed by atoms with E-state index in [1.807, 2.05) is 60.7 Å². The largest absolute Gasteiger partial charge is 0.456 e. The Morgan fingerprint density at radius 1 is 0.387 bits per heavy atom. The van der Waals surface area contributed by atoms with E-state index in [1.165, 1.54) is 22.3 Å². The molecule has 0 unspecified atom stereocenters. The van der Waals surface area contributed by atoms with Crippen LogP contribution in [0.5, 0.6) is 11.5 Å². The first kappa shape index (κ1) is 35.5. The van der Waals surface area contributed by atoms with Crippen LogP contribution in [0.15, 0.2) is 212 Å². The van der Waals surface area contributed by atoms with Crippen molar-refractivity contribution in [2.24, 2.45) is 0 Å². The van der Waals surface area contributed by atoms with Gasteiger partial charge in [0.25, 0.3) is 0 Å². The molecule has 4 heteroatoms. The Morgan fingerprint density at radius 2 is 0.935 bits per heavy atom. The molecule has 0 saturated heterocycles. The van der Waals surface area contributed by atoms with Crippen LogP contribution in [-0.2, 0) is 5.41 Å².